The highest BCUT2D eigenvalue weighted by molar-refractivity contribution is 7.12. The standard InChI is InChI=1S/C18H20O2S/c19-17(16-11-13-5-1-2-9-15(13)21-16)14-8-3-6-12-7-4-10-20-18(12)14/h3,6,8,11,17,19H,1-2,4-5,7,9-10H2. The van der Waals surface area contributed by atoms with Crippen molar-refractivity contribution in [2.45, 2.75) is 44.6 Å². The van der Waals surface area contributed by atoms with Gasteiger partial charge >= 0.3 is 0 Å². The SMILES string of the molecule is OC(c1cc2c(s1)CCCC2)c1cccc2c1OCCC2. The third kappa shape index (κ3) is 2.39. The van der Waals surface area contributed by atoms with Gasteiger partial charge in [-0.2, -0.15) is 0 Å². The number of rotatable bonds is 2. The molecule has 2 aliphatic rings. The molecule has 110 valence electrons. The van der Waals surface area contributed by atoms with E-state index in [2.05, 4.69) is 12.1 Å². The average molecular weight is 300 g/mol. The van der Waals surface area contributed by atoms with Crippen molar-refractivity contribution in [3.8, 4) is 5.75 Å². The summed E-state index contributed by atoms with van der Waals surface area (Å²) in [6.45, 7) is 0.762. The molecule has 1 aromatic carbocycles. The van der Waals surface area contributed by atoms with Crippen LogP contribution in [0.1, 0.15) is 51.8 Å². The number of para-hydroxylation sites is 1. The van der Waals surface area contributed by atoms with Gasteiger partial charge in [0.25, 0.3) is 0 Å². The fourth-order valence-corrected chi connectivity index (χ4v) is 4.69. The highest BCUT2D eigenvalue weighted by Gasteiger charge is 2.23. The van der Waals surface area contributed by atoms with Crippen LogP contribution in [0.3, 0.4) is 0 Å². The van der Waals surface area contributed by atoms with Crippen LogP contribution in [0.4, 0.5) is 0 Å². The third-order valence-corrected chi connectivity index (χ3v) is 5.83. The second-order valence-electron chi connectivity index (χ2n) is 5.99. The highest BCUT2D eigenvalue weighted by atomic mass is 32.1. The number of hydrogen-bond acceptors (Lipinski definition) is 3. The van der Waals surface area contributed by atoms with Gasteiger partial charge in [-0.05, 0) is 55.7 Å². The van der Waals surface area contributed by atoms with Crippen molar-refractivity contribution in [1.29, 1.82) is 0 Å². The number of aryl methyl sites for hydroxylation is 3. The van der Waals surface area contributed by atoms with E-state index in [4.69, 9.17) is 4.74 Å². The Labute approximate surface area is 129 Å². The lowest BCUT2D eigenvalue weighted by Crippen LogP contribution is -2.12. The molecule has 4 rings (SSSR count). The molecule has 0 spiro atoms. The first-order valence-electron chi connectivity index (χ1n) is 7.87. The molecule has 1 aliphatic carbocycles. The first-order valence-corrected chi connectivity index (χ1v) is 8.69. The summed E-state index contributed by atoms with van der Waals surface area (Å²) in [5, 5.41) is 10.8. The fourth-order valence-electron chi connectivity index (χ4n) is 3.43. The normalized spacial score (nSPS) is 18.5. The molecule has 2 aromatic rings. The number of aliphatic hydroxyl groups is 1. The number of benzene rings is 1. The molecule has 0 saturated heterocycles. The Hall–Kier alpha value is -1.32. The largest absolute Gasteiger partial charge is 0.493 e. The Balaban J connectivity index is 1.71. The van der Waals surface area contributed by atoms with Crippen LogP contribution in [-0.4, -0.2) is 11.7 Å². The molecule has 21 heavy (non-hydrogen) atoms. The van der Waals surface area contributed by atoms with Crippen LogP contribution in [-0.2, 0) is 19.3 Å². The van der Waals surface area contributed by atoms with Gasteiger partial charge in [-0.25, -0.2) is 0 Å². The van der Waals surface area contributed by atoms with Gasteiger partial charge in [-0.1, -0.05) is 18.2 Å². The second-order valence-corrected chi connectivity index (χ2v) is 7.16. The average Bonchev–Trinajstić information content (AvgIpc) is 2.97. The predicted octanol–water partition coefficient (Wildman–Crippen LogP) is 4.03. The highest BCUT2D eigenvalue weighted by Crippen LogP contribution is 2.40. The molecular formula is C18H20O2S. The quantitative estimate of drug-likeness (QED) is 0.907. The maximum atomic E-state index is 10.8. The first kappa shape index (κ1) is 13.4. The van der Waals surface area contributed by atoms with Gasteiger partial charge in [0.05, 0.1) is 6.61 Å². The van der Waals surface area contributed by atoms with E-state index in [0.29, 0.717) is 0 Å². The van der Waals surface area contributed by atoms with Gasteiger partial charge in [-0.3, -0.25) is 0 Å². The maximum Gasteiger partial charge on any atom is 0.128 e. The second kappa shape index (κ2) is 5.47. The Kier molecular flexibility index (Phi) is 3.48. The lowest BCUT2D eigenvalue weighted by molar-refractivity contribution is 0.210. The molecule has 1 aromatic heterocycles. The van der Waals surface area contributed by atoms with Gasteiger partial charge in [0.15, 0.2) is 0 Å². The van der Waals surface area contributed by atoms with Crippen LogP contribution < -0.4 is 4.74 Å². The van der Waals surface area contributed by atoms with Crippen LogP contribution in [0.2, 0.25) is 0 Å². The zero-order valence-corrected chi connectivity index (χ0v) is 12.9. The van der Waals surface area contributed by atoms with E-state index in [9.17, 15) is 5.11 Å². The summed E-state index contributed by atoms with van der Waals surface area (Å²) in [4.78, 5) is 2.55. The van der Waals surface area contributed by atoms with Crippen molar-refractivity contribution >= 4 is 11.3 Å². The molecule has 0 bridgehead atoms. The molecular weight excluding hydrogens is 280 g/mol. The molecule has 1 aliphatic heterocycles. The molecule has 3 heteroatoms. The van der Waals surface area contributed by atoms with Crippen molar-refractivity contribution in [2.75, 3.05) is 6.61 Å². The van der Waals surface area contributed by atoms with Crippen LogP contribution in [0.5, 0.6) is 5.75 Å². The van der Waals surface area contributed by atoms with Gasteiger partial charge < -0.3 is 9.84 Å². The van der Waals surface area contributed by atoms with E-state index in [0.717, 1.165) is 35.6 Å². The molecule has 0 amide bonds. The zero-order valence-electron chi connectivity index (χ0n) is 12.1. The monoisotopic (exact) mass is 300 g/mol. The zero-order chi connectivity index (χ0) is 14.2. The third-order valence-electron chi connectivity index (χ3n) is 4.54. The van der Waals surface area contributed by atoms with Crippen LogP contribution in [0, 0.1) is 0 Å². The summed E-state index contributed by atoms with van der Waals surface area (Å²) in [7, 11) is 0. The van der Waals surface area contributed by atoms with Crippen molar-refractivity contribution in [3.63, 3.8) is 0 Å². The molecule has 1 N–H and O–H groups in total. The van der Waals surface area contributed by atoms with Gasteiger partial charge in [-0.15, -0.1) is 11.3 Å². The molecule has 0 fully saturated rings. The number of hydrogen-bond donors (Lipinski definition) is 1. The summed E-state index contributed by atoms with van der Waals surface area (Å²) in [5.74, 6) is 0.919. The van der Waals surface area contributed by atoms with E-state index in [1.165, 1.54) is 41.7 Å². The van der Waals surface area contributed by atoms with E-state index in [1.807, 2.05) is 12.1 Å². The van der Waals surface area contributed by atoms with Crippen LogP contribution in [0.15, 0.2) is 24.3 Å². The summed E-state index contributed by atoms with van der Waals surface area (Å²) in [6, 6.07) is 8.38. The maximum absolute atomic E-state index is 10.8. The smallest absolute Gasteiger partial charge is 0.128 e. The Morgan fingerprint density at radius 3 is 2.81 bits per heavy atom. The minimum absolute atomic E-state index is 0.548. The van der Waals surface area contributed by atoms with Crippen molar-refractivity contribution < 1.29 is 9.84 Å². The minimum Gasteiger partial charge on any atom is -0.493 e. The van der Waals surface area contributed by atoms with Gasteiger partial charge in [0, 0.05) is 15.3 Å². The molecule has 0 saturated carbocycles. The lowest BCUT2D eigenvalue weighted by atomic mass is 9.96. The first-order chi connectivity index (χ1) is 10.3. The van der Waals surface area contributed by atoms with E-state index in [-0.39, 0.29) is 0 Å². The lowest BCUT2D eigenvalue weighted by Gasteiger charge is -2.22. The van der Waals surface area contributed by atoms with E-state index in [1.54, 1.807) is 11.3 Å². The molecule has 1 unspecified atom stereocenters. The number of fused-ring (bicyclic) bond motifs is 2. The Bertz CT molecular complexity index is 636. The van der Waals surface area contributed by atoms with E-state index >= 15 is 0 Å². The summed E-state index contributed by atoms with van der Waals surface area (Å²) in [5.41, 5.74) is 3.62. The summed E-state index contributed by atoms with van der Waals surface area (Å²) >= 11 is 1.78. The van der Waals surface area contributed by atoms with Crippen LogP contribution in [0.25, 0.3) is 0 Å². The van der Waals surface area contributed by atoms with Crippen LogP contribution >= 0.6 is 11.3 Å². The number of ether oxygens (including phenoxy) is 1. The fraction of sp³-hybridized carbons (Fsp3) is 0.444. The molecule has 1 atom stereocenters. The minimum atomic E-state index is -0.548. The van der Waals surface area contributed by atoms with Crippen molar-refractivity contribution in [2.24, 2.45) is 0 Å². The Morgan fingerprint density at radius 2 is 1.90 bits per heavy atom. The van der Waals surface area contributed by atoms with Crippen molar-refractivity contribution in [3.05, 3.63) is 50.7 Å². The van der Waals surface area contributed by atoms with Gasteiger partial charge in [0.2, 0.25) is 0 Å². The number of thiophene rings is 1. The van der Waals surface area contributed by atoms with Crippen molar-refractivity contribution in [1.82, 2.24) is 0 Å². The summed E-state index contributed by atoms with van der Waals surface area (Å²) in [6.07, 6.45) is 6.48. The predicted molar refractivity (Wildman–Crippen MR) is 85.3 cm³/mol. The molecule has 0 radical (unpaired) electrons. The molecule has 2 nitrogen and oxygen atoms in total. The number of aliphatic hydroxyl groups excluding tert-OH is 1. The van der Waals surface area contributed by atoms with Gasteiger partial charge in [0.1, 0.15) is 11.9 Å². The Morgan fingerprint density at radius 1 is 1.05 bits per heavy atom. The topological polar surface area (TPSA) is 29.5 Å². The molecule has 2 heterocycles. The van der Waals surface area contributed by atoms with E-state index < -0.39 is 6.10 Å². The summed E-state index contributed by atoms with van der Waals surface area (Å²) < 4.78 is 5.84.